The Kier molecular flexibility index (Phi) is 6.74. The highest BCUT2D eigenvalue weighted by Crippen LogP contribution is 2.20. The van der Waals surface area contributed by atoms with Gasteiger partial charge in [-0.3, -0.25) is 9.48 Å². The Hall–Kier alpha value is -2.63. The monoisotopic (exact) mass is 345 g/mol. The summed E-state index contributed by atoms with van der Waals surface area (Å²) in [5.74, 6) is -0.527. The van der Waals surface area contributed by atoms with Crippen molar-refractivity contribution >= 4 is 5.91 Å². The summed E-state index contributed by atoms with van der Waals surface area (Å²) in [6.45, 7) is 4.39. The van der Waals surface area contributed by atoms with Gasteiger partial charge in [-0.05, 0) is 31.9 Å². The van der Waals surface area contributed by atoms with Gasteiger partial charge in [0, 0.05) is 19.2 Å². The highest BCUT2D eigenvalue weighted by atomic mass is 19.1. The Labute approximate surface area is 147 Å². The Morgan fingerprint density at radius 1 is 1.44 bits per heavy atom. The molecule has 0 unspecified atom stereocenters. The number of hydrogen-bond acceptors (Lipinski definition) is 3. The number of nitrogens with zero attached hydrogens (tertiary/aromatic N) is 2. The van der Waals surface area contributed by atoms with Crippen molar-refractivity contribution in [1.82, 2.24) is 15.1 Å². The van der Waals surface area contributed by atoms with Crippen molar-refractivity contribution in [3.05, 3.63) is 59.2 Å². The van der Waals surface area contributed by atoms with Crippen LogP contribution in [0.25, 0.3) is 0 Å². The quantitative estimate of drug-likeness (QED) is 0.589. The predicted octanol–water partition coefficient (Wildman–Crippen LogP) is 3.40. The summed E-state index contributed by atoms with van der Waals surface area (Å²) in [5, 5.41) is 6.97. The Balaban J connectivity index is 2.00. The van der Waals surface area contributed by atoms with E-state index in [-0.39, 0.29) is 18.2 Å². The van der Waals surface area contributed by atoms with E-state index < -0.39 is 5.82 Å². The highest BCUT2D eigenvalue weighted by Gasteiger charge is 2.14. The van der Waals surface area contributed by atoms with Gasteiger partial charge in [-0.1, -0.05) is 31.2 Å². The standard InChI is InChI=1S/C19H24FN3O2/c1-4-6-7-11-25-17-10-8-9-14(18(17)20)13-21-19(24)16-12-15(5-2)22-23(16)3/h4,6,8-10,12H,5,7,11,13H2,1-3H3,(H,21,24). The molecule has 1 heterocycles. The van der Waals surface area contributed by atoms with Crippen LogP contribution in [0.1, 0.15) is 42.0 Å². The van der Waals surface area contributed by atoms with Gasteiger partial charge in [0.1, 0.15) is 5.69 Å². The molecule has 0 bridgehead atoms. The van der Waals surface area contributed by atoms with Crippen LogP contribution in [-0.4, -0.2) is 22.3 Å². The average Bonchev–Trinajstić information content (AvgIpc) is 2.99. The predicted molar refractivity (Wildman–Crippen MR) is 95.1 cm³/mol. The number of carbonyl (C=O) groups excluding carboxylic acids is 1. The third kappa shape index (κ3) is 4.92. The molecule has 0 radical (unpaired) electrons. The van der Waals surface area contributed by atoms with Gasteiger partial charge in [0.05, 0.1) is 12.3 Å². The van der Waals surface area contributed by atoms with E-state index in [0.29, 0.717) is 17.9 Å². The molecule has 0 aliphatic heterocycles. The summed E-state index contributed by atoms with van der Waals surface area (Å²) in [4.78, 5) is 12.3. The number of halogens is 1. The molecule has 1 aromatic heterocycles. The molecule has 1 aromatic carbocycles. The second-order valence-corrected chi connectivity index (χ2v) is 5.62. The molecule has 5 nitrogen and oxygen atoms in total. The minimum atomic E-state index is -0.442. The molecule has 0 spiro atoms. The number of carbonyl (C=O) groups is 1. The van der Waals surface area contributed by atoms with Crippen molar-refractivity contribution in [3.63, 3.8) is 0 Å². The van der Waals surface area contributed by atoms with E-state index in [2.05, 4.69) is 10.4 Å². The van der Waals surface area contributed by atoms with Crippen molar-refractivity contribution in [2.45, 2.75) is 33.2 Å². The summed E-state index contributed by atoms with van der Waals surface area (Å²) in [7, 11) is 1.72. The summed E-state index contributed by atoms with van der Waals surface area (Å²) < 4.78 is 21.4. The lowest BCUT2D eigenvalue weighted by atomic mass is 10.2. The van der Waals surface area contributed by atoms with E-state index in [1.54, 1.807) is 31.3 Å². The first-order valence-corrected chi connectivity index (χ1v) is 8.39. The van der Waals surface area contributed by atoms with E-state index in [4.69, 9.17) is 4.74 Å². The lowest BCUT2D eigenvalue weighted by molar-refractivity contribution is 0.0941. The fourth-order valence-corrected chi connectivity index (χ4v) is 2.39. The first-order valence-electron chi connectivity index (χ1n) is 8.39. The zero-order valence-electron chi connectivity index (χ0n) is 14.9. The van der Waals surface area contributed by atoms with Gasteiger partial charge in [-0.15, -0.1) is 0 Å². The Morgan fingerprint density at radius 3 is 2.92 bits per heavy atom. The van der Waals surface area contributed by atoms with Crippen LogP contribution in [0.2, 0.25) is 0 Å². The zero-order valence-corrected chi connectivity index (χ0v) is 14.9. The third-order valence-corrected chi connectivity index (χ3v) is 3.79. The maximum absolute atomic E-state index is 14.5. The average molecular weight is 345 g/mol. The Bertz CT molecular complexity index is 753. The summed E-state index contributed by atoms with van der Waals surface area (Å²) in [5.41, 5.74) is 1.68. The maximum atomic E-state index is 14.5. The van der Waals surface area contributed by atoms with E-state index in [1.807, 2.05) is 26.0 Å². The molecule has 0 saturated heterocycles. The molecular weight excluding hydrogens is 321 g/mol. The highest BCUT2D eigenvalue weighted by molar-refractivity contribution is 5.92. The van der Waals surface area contributed by atoms with Crippen LogP contribution in [0, 0.1) is 5.82 Å². The number of nitrogens with one attached hydrogen (secondary N) is 1. The molecule has 0 saturated carbocycles. The first-order chi connectivity index (χ1) is 12.1. The van der Waals surface area contributed by atoms with Crippen molar-refractivity contribution in [1.29, 1.82) is 0 Å². The number of aromatic nitrogens is 2. The second-order valence-electron chi connectivity index (χ2n) is 5.62. The molecule has 134 valence electrons. The third-order valence-electron chi connectivity index (χ3n) is 3.79. The van der Waals surface area contributed by atoms with Gasteiger partial charge in [0.25, 0.3) is 5.91 Å². The molecular formula is C19H24FN3O2. The van der Waals surface area contributed by atoms with E-state index in [0.717, 1.165) is 18.5 Å². The van der Waals surface area contributed by atoms with Gasteiger partial charge in [0.2, 0.25) is 0 Å². The number of amides is 1. The SMILES string of the molecule is CC=CCCOc1cccc(CNC(=O)c2cc(CC)nn2C)c1F. The molecule has 2 aromatic rings. The van der Waals surface area contributed by atoms with Gasteiger partial charge in [0.15, 0.2) is 11.6 Å². The molecule has 2 rings (SSSR count). The number of benzene rings is 1. The normalized spacial score (nSPS) is 11.0. The molecule has 1 N–H and O–H groups in total. The second kappa shape index (κ2) is 9.01. The topological polar surface area (TPSA) is 56.1 Å². The van der Waals surface area contributed by atoms with Crippen LogP contribution in [0.3, 0.4) is 0 Å². The maximum Gasteiger partial charge on any atom is 0.269 e. The van der Waals surface area contributed by atoms with Crippen LogP contribution in [0.4, 0.5) is 4.39 Å². The number of allylic oxidation sites excluding steroid dienone is 1. The van der Waals surface area contributed by atoms with Crippen LogP contribution >= 0.6 is 0 Å². The number of hydrogen-bond donors (Lipinski definition) is 1. The summed E-state index contributed by atoms with van der Waals surface area (Å²) >= 11 is 0. The van der Waals surface area contributed by atoms with Crippen LogP contribution in [-0.2, 0) is 20.0 Å². The fraction of sp³-hybridized carbons (Fsp3) is 0.368. The van der Waals surface area contributed by atoms with Crippen LogP contribution in [0.5, 0.6) is 5.75 Å². The van der Waals surface area contributed by atoms with Crippen molar-refractivity contribution in [3.8, 4) is 5.75 Å². The van der Waals surface area contributed by atoms with Crippen molar-refractivity contribution in [2.75, 3.05) is 6.61 Å². The van der Waals surface area contributed by atoms with E-state index in [9.17, 15) is 9.18 Å². The summed E-state index contributed by atoms with van der Waals surface area (Å²) in [6.07, 6.45) is 5.36. The lowest BCUT2D eigenvalue weighted by Crippen LogP contribution is -2.25. The van der Waals surface area contributed by atoms with Crippen molar-refractivity contribution < 1.29 is 13.9 Å². The number of ether oxygens (including phenoxy) is 1. The zero-order chi connectivity index (χ0) is 18.2. The molecule has 0 fully saturated rings. The van der Waals surface area contributed by atoms with Crippen LogP contribution < -0.4 is 10.1 Å². The molecule has 1 amide bonds. The van der Waals surface area contributed by atoms with Gasteiger partial charge < -0.3 is 10.1 Å². The Morgan fingerprint density at radius 2 is 2.24 bits per heavy atom. The van der Waals surface area contributed by atoms with Gasteiger partial charge in [-0.25, -0.2) is 4.39 Å². The molecule has 25 heavy (non-hydrogen) atoms. The van der Waals surface area contributed by atoms with E-state index >= 15 is 0 Å². The number of rotatable bonds is 8. The molecule has 0 atom stereocenters. The summed E-state index contributed by atoms with van der Waals surface area (Å²) in [6, 6.07) is 6.68. The molecule has 6 heteroatoms. The van der Waals surface area contributed by atoms with E-state index in [1.165, 1.54) is 4.68 Å². The van der Waals surface area contributed by atoms with Gasteiger partial charge >= 0.3 is 0 Å². The van der Waals surface area contributed by atoms with Crippen molar-refractivity contribution in [2.24, 2.45) is 7.05 Å². The molecule has 0 aliphatic carbocycles. The van der Waals surface area contributed by atoms with Gasteiger partial charge in [-0.2, -0.15) is 5.10 Å². The number of aryl methyl sites for hydroxylation is 2. The minimum Gasteiger partial charge on any atom is -0.490 e. The lowest BCUT2D eigenvalue weighted by Gasteiger charge is -2.10. The minimum absolute atomic E-state index is 0.0867. The fourth-order valence-electron chi connectivity index (χ4n) is 2.39. The first kappa shape index (κ1) is 18.7. The molecule has 0 aliphatic rings. The largest absolute Gasteiger partial charge is 0.490 e. The van der Waals surface area contributed by atoms with Crippen LogP contribution in [0.15, 0.2) is 36.4 Å². The smallest absolute Gasteiger partial charge is 0.269 e.